The molecule has 0 aliphatic carbocycles. The van der Waals surface area contributed by atoms with E-state index < -0.39 is 0 Å². The summed E-state index contributed by atoms with van der Waals surface area (Å²) in [6.45, 7) is 3.87. The van der Waals surface area contributed by atoms with Crippen molar-refractivity contribution < 1.29 is 0 Å². The van der Waals surface area contributed by atoms with Gasteiger partial charge in [0.25, 0.3) is 0 Å². The Morgan fingerprint density at radius 3 is 2.64 bits per heavy atom. The third kappa shape index (κ3) is 8.18. The highest BCUT2D eigenvalue weighted by Crippen LogP contribution is 2.01. The van der Waals surface area contributed by atoms with E-state index in [2.05, 4.69) is 18.4 Å². The van der Waals surface area contributed by atoms with E-state index in [1.54, 1.807) is 6.08 Å². The Bertz CT molecular complexity index is 324. The maximum Gasteiger partial charge on any atom is 0.0270 e. The van der Waals surface area contributed by atoms with Crippen molar-refractivity contribution in [2.45, 2.75) is 12.8 Å². The smallest absolute Gasteiger partial charge is 0.0270 e. The van der Waals surface area contributed by atoms with E-state index >= 15 is 0 Å². The van der Waals surface area contributed by atoms with Crippen LogP contribution in [-0.4, -0.2) is 0 Å². The molecule has 0 aromatic carbocycles. The van der Waals surface area contributed by atoms with Crippen LogP contribution in [-0.2, 0) is 0 Å². The van der Waals surface area contributed by atoms with Gasteiger partial charge in [-0.3, -0.25) is 0 Å². The highest BCUT2D eigenvalue weighted by Gasteiger charge is 1.81. The number of terminal acetylenes is 2. The van der Waals surface area contributed by atoms with Crippen LogP contribution in [0.3, 0.4) is 0 Å². The van der Waals surface area contributed by atoms with Crippen molar-refractivity contribution in [2.24, 2.45) is 0 Å². The van der Waals surface area contributed by atoms with Crippen LogP contribution in [0.4, 0.5) is 0 Å². The Morgan fingerprint density at radius 2 is 2.00 bits per heavy atom. The van der Waals surface area contributed by atoms with Crippen molar-refractivity contribution in [3.05, 3.63) is 48.6 Å². The van der Waals surface area contributed by atoms with Gasteiger partial charge in [0.15, 0.2) is 0 Å². The van der Waals surface area contributed by atoms with Crippen molar-refractivity contribution in [1.29, 1.82) is 0 Å². The predicted octanol–water partition coefficient (Wildman–Crippen LogP) is 3.26. The molecule has 0 spiro atoms. The van der Waals surface area contributed by atoms with Gasteiger partial charge in [0.2, 0.25) is 0 Å². The zero-order chi connectivity index (χ0) is 10.6. The number of allylic oxidation sites excluding steroid dienone is 7. The topological polar surface area (TPSA) is 0 Å². The Kier molecular flexibility index (Phi) is 7.91. The van der Waals surface area contributed by atoms with Gasteiger partial charge in [-0.1, -0.05) is 48.5 Å². The minimum absolute atomic E-state index is 0.653. The second-order valence-electron chi connectivity index (χ2n) is 2.63. The molecule has 0 aliphatic heterocycles. The summed E-state index contributed by atoms with van der Waals surface area (Å²) in [4.78, 5) is 0. The fourth-order valence-electron chi connectivity index (χ4n) is 0.771. The van der Waals surface area contributed by atoms with E-state index in [9.17, 15) is 0 Å². The minimum Gasteiger partial charge on any atom is -0.120 e. The molecule has 0 bridgehead atoms. The molecule has 0 unspecified atom stereocenters. The number of hydrogen-bond acceptors (Lipinski definition) is 0. The lowest BCUT2D eigenvalue weighted by atomic mass is 10.2. The van der Waals surface area contributed by atoms with E-state index in [0.29, 0.717) is 6.42 Å². The molecule has 0 rings (SSSR count). The van der Waals surface area contributed by atoms with E-state index in [1.165, 1.54) is 0 Å². The first kappa shape index (κ1) is 12.1. The minimum atomic E-state index is 0.653. The predicted molar refractivity (Wildman–Crippen MR) is 63.5 cm³/mol. The third-order valence-electron chi connectivity index (χ3n) is 1.41. The highest BCUT2D eigenvalue weighted by atomic mass is 13.9. The van der Waals surface area contributed by atoms with Gasteiger partial charge in [-0.25, -0.2) is 0 Å². The van der Waals surface area contributed by atoms with Crippen LogP contribution >= 0.6 is 0 Å². The molecule has 0 aliphatic rings. The summed E-state index contributed by atoms with van der Waals surface area (Å²) in [6, 6.07) is 0. The molecular formula is C14H14. The third-order valence-corrected chi connectivity index (χ3v) is 1.41. The second kappa shape index (κ2) is 9.17. The molecule has 0 heteroatoms. The molecule has 0 heterocycles. The summed E-state index contributed by atoms with van der Waals surface area (Å²) in [6.07, 6.45) is 22.8. The van der Waals surface area contributed by atoms with E-state index in [1.807, 2.05) is 30.4 Å². The number of rotatable bonds is 5. The van der Waals surface area contributed by atoms with Gasteiger partial charge in [-0.15, -0.1) is 18.8 Å². The van der Waals surface area contributed by atoms with Crippen LogP contribution in [0.15, 0.2) is 48.6 Å². The Morgan fingerprint density at radius 1 is 1.21 bits per heavy atom. The van der Waals surface area contributed by atoms with Gasteiger partial charge in [0.05, 0.1) is 0 Å². The largest absolute Gasteiger partial charge is 0.120 e. The summed E-state index contributed by atoms with van der Waals surface area (Å²) in [7, 11) is 0. The van der Waals surface area contributed by atoms with Crippen LogP contribution in [0.1, 0.15) is 12.8 Å². The van der Waals surface area contributed by atoms with Crippen molar-refractivity contribution in [3.63, 3.8) is 0 Å². The first-order valence-electron chi connectivity index (χ1n) is 4.37. The molecule has 0 atom stereocenters. The molecule has 14 heavy (non-hydrogen) atoms. The molecular weight excluding hydrogens is 168 g/mol. The molecule has 70 valence electrons. The van der Waals surface area contributed by atoms with Gasteiger partial charge in [0, 0.05) is 6.42 Å². The Balaban J connectivity index is 3.76. The van der Waals surface area contributed by atoms with Crippen molar-refractivity contribution in [3.8, 4) is 24.7 Å². The van der Waals surface area contributed by atoms with Crippen LogP contribution in [0.5, 0.6) is 0 Å². The second-order valence-corrected chi connectivity index (χ2v) is 2.63. The van der Waals surface area contributed by atoms with Gasteiger partial charge in [0.1, 0.15) is 0 Å². The molecule has 0 saturated carbocycles. The highest BCUT2D eigenvalue weighted by molar-refractivity contribution is 5.21. The standard InChI is InChI=1S/C14H14/c1-4-6-8-9-11-13-14(3)12-10-7-5-2/h1-2,6,8-12H,3,7,13H2/b8-6-,11-9-,12-10-. The molecule has 0 amide bonds. The summed E-state index contributed by atoms with van der Waals surface area (Å²) >= 11 is 0. The summed E-state index contributed by atoms with van der Waals surface area (Å²) < 4.78 is 0. The summed E-state index contributed by atoms with van der Waals surface area (Å²) in [5.74, 6) is 4.94. The average Bonchev–Trinajstić information content (AvgIpc) is 2.18. The lowest BCUT2D eigenvalue weighted by Gasteiger charge is -1.90. The number of hydrogen-bond donors (Lipinski definition) is 0. The lowest BCUT2D eigenvalue weighted by Crippen LogP contribution is -1.71. The van der Waals surface area contributed by atoms with Crippen molar-refractivity contribution in [2.75, 3.05) is 0 Å². The zero-order valence-electron chi connectivity index (χ0n) is 8.24. The van der Waals surface area contributed by atoms with Gasteiger partial charge < -0.3 is 0 Å². The fourth-order valence-corrected chi connectivity index (χ4v) is 0.771. The van der Waals surface area contributed by atoms with Crippen LogP contribution in [0.2, 0.25) is 0 Å². The Hall–Kier alpha value is -1.92. The van der Waals surface area contributed by atoms with Crippen LogP contribution in [0.25, 0.3) is 0 Å². The maximum absolute atomic E-state index is 5.10. The monoisotopic (exact) mass is 182 g/mol. The molecule has 0 nitrogen and oxygen atoms in total. The first-order valence-corrected chi connectivity index (χ1v) is 4.37. The van der Waals surface area contributed by atoms with E-state index in [0.717, 1.165) is 12.0 Å². The Labute approximate surface area is 86.7 Å². The molecule has 0 radical (unpaired) electrons. The molecule has 0 fully saturated rings. The van der Waals surface area contributed by atoms with Crippen molar-refractivity contribution in [1.82, 2.24) is 0 Å². The maximum atomic E-state index is 5.10. The van der Waals surface area contributed by atoms with E-state index in [-0.39, 0.29) is 0 Å². The van der Waals surface area contributed by atoms with Gasteiger partial charge >= 0.3 is 0 Å². The summed E-state index contributed by atoms with van der Waals surface area (Å²) in [5, 5.41) is 0. The first-order chi connectivity index (χ1) is 6.81. The molecule has 0 aromatic heterocycles. The molecule has 0 aromatic rings. The quantitative estimate of drug-likeness (QED) is 0.452. The van der Waals surface area contributed by atoms with Crippen molar-refractivity contribution >= 4 is 0 Å². The summed E-state index contributed by atoms with van der Waals surface area (Å²) in [5.41, 5.74) is 1.03. The van der Waals surface area contributed by atoms with Crippen LogP contribution < -0.4 is 0 Å². The fraction of sp³-hybridized carbons (Fsp3) is 0.143. The molecule has 0 N–H and O–H groups in total. The van der Waals surface area contributed by atoms with Gasteiger partial charge in [-0.05, 0) is 12.5 Å². The lowest BCUT2D eigenvalue weighted by molar-refractivity contribution is 1.29. The average molecular weight is 182 g/mol. The van der Waals surface area contributed by atoms with E-state index in [4.69, 9.17) is 12.8 Å². The SMILES string of the molecule is C#C/C=C\C=C/CC(=C)/C=C\CC#C. The molecule has 0 saturated heterocycles. The normalized spacial score (nSPS) is 10.7. The van der Waals surface area contributed by atoms with Gasteiger partial charge in [-0.2, -0.15) is 0 Å². The zero-order valence-corrected chi connectivity index (χ0v) is 8.24. The van der Waals surface area contributed by atoms with Crippen LogP contribution in [0, 0.1) is 24.7 Å².